The molecule has 1 heteroatoms. The second-order valence-corrected chi connectivity index (χ2v) is 3.26. The molecule has 0 fully saturated rings. The quantitative estimate of drug-likeness (QED) is 0.345. The van der Waals surface area contributed by atoms with Crippen LogP contribution in [0.4, 0.5) is 0 Å². The maximum absolute atomic E-state index is 2.27. The van der Waals surface area contributed by atoms with Crippen molar-refractivity contribution in [3.8, 4) is 0 Å². The van der Waals surface area contributed by atoms with Gasteiger partial charge in [0, 0.05) is 0 Å². The van der Waals surface area contributed by atoms with Crippen LogP contribution in [0.3, 0.4) is 0 Å². The third-order valence-corrected chi connectivity index (χ3v) is 2.37. The zero-order valence-electron chi connectivity index (χ0n) is 7.04. The Morgan fingerprint density at radius 1 is 1.45 bits per heavy atom. The van der Waals surface area contributed by atoms with E-state index in [9.17, 15) is 0 Å². The van der Waals surface area contributed by atoms with Gasteiger partial charge in [0.15, 0.2) is 0 Å². The van der Waals surface area contributed by atoms with Crippen LogP contribution in [0.25, 0.3) is 0 Å². The normalized spacial score (nSPS) is 24.2. The van der Waals surface area contributed by atoms with Crippen LogP contribution in [-0.2, 0) is 0 Å². The lowest BCUT2D eigenvalue weighted by atomic mass is 10.1. The minimum atomic E-state index is 1.12. The minimum absolute atomic E-state index is 1.12. The molecule has 0 aromatic rings. The zero-order valence-corrected chi connectivity index (χ0v) is 7.94. The number of hydrogen-bond acceptors (Lipinski definition) is 0. The summed E-state index contributed by atoms with van der Waals surface area (Å²) in [7, 11) is 0. The first-order chi connectivity index (χ1) is 5.38. The summed E-state index contributed by atoms with van der Waals surface area (Å²) in [5.41, 5.74) is 2.74. The summed E-state index contributed by atoms with van der Waals surface area (Å²) in [6.45, 7) is 4.25. The fourth-order valence-electron chi connectivity index (χ4n) is 1.07. The molecule has 0 aromatic carbocycles. The van der Waals surface area contributed by atoms with E-state index < -0.39 is 0 Å². The van der Waals surface area contributed by atoms with Crippen LogP contribution in [0.5, 0.6) is 0 Å². The van der Waals surface area contributed by atoms with Gasteiger partial charge in [0.25, 0.3) is 0 Å². The number of rotatable bonds is 1. The summed E-state index contributed by atoms with van der Waals surface area (Å²) in [4.78, 5) is 0. The molecule has 0 nitrogen and oxygen atoms in total. The molecule has 0 saturated carbocycles. The SMILES string of the molecule is C/C=C1/C=C[SH]=C/C1=C/CC. The summed E-state index contributed by atoms with van der Waals surface area (Å²) >= 11 is 1.31. The lowest BCUT2D eigenvalue weighted by Crippen LogP contribution is -1.89. The summed E-state index contributed by atoms with van der Waals surface area (Å²) in [6, 6.07) is 0. The monoisotopic (exact) mass is 166 g/mol. The van der Waals surface area contributed by atoms with Crippen molar-refractivity contribution in [2.24, 2.45) is 0 Å². The second kappa shape index (κ2) is 4.35. The molecule has 0 N–H and O–H groups in total. The molecule has 1 aliphatic heterocycles. The molecule has 0 unspecified atom stereocenters. The molecular weight excluding hydrogens is 152 g/mol. The van der Waals surface area contributed by atoms with Gasteiger partial charge in [-0.1, -0.05) is 19.1 Å². The van der Waals surface area contributed by atoms with E-state index in [0.29, 0.717) is 0 Å². The molecule has 0 radical (unpaired) electrons. The fraction of sp³-hybridized carbons (Fsp3) is 0.300. The highest BCUT2D eigenvalue weighted by atomic mass is 32.1. The van der Waals surface area contributed by atoms with Crippen LogP contribution in [-0.4, -0.2) is 5.37 Å². The van der Waals surface area contributed by atoms with Gasteiger partial charge in [-0.25, -0.2) is 0 Å². The van der Waals surface area contributed by atoms with Gasteiger partial charge in [0.1, 0.15) is 0 Å². The van der Waals surface area contributed by atoms with Crippen molar-refractivity contribution in [1.82, 2.24) is 0 Å². The highest BCUT2D eigenvalue weighted by Gasteiger charge is 1.98. The fourth-order valence-corrected chi connectivity index (χ4v) is 1.82. The molecule has 0 aliphatic carbocycles. The van der Waals surface area contributed by atoms with E-state index in [1.807, 2.05) is 0 Å². The van der Waals surface area contributed by atoms with Gasteiger partial charge in [0.05, 0.1) is 0 Å². The van der Waals surface area contributed by atoms with Crippen molar-refractivity contribution >= 4 is 16.7 Å². The summed E-state index contributed by atoms with van der Waals surface area (Å²) in [5.74, 6) is 0. The molecule has 1 aliphatic rings. The van der Waals surface area contributed by atoms with E-state index in [1.54, 1.807) is 0 Å². The molecule has 0 bridgehead atoms. The van der Waals surface area contributed by atoms with Crippen LogP contribution >= 0.6 is 11.4 Å². The molecule has 0 spiro atoms. The van der Waals surface area contributed by atoms with Crippen molar-refractivity contribution < 1.29 is 0 Å². The van der Waals surface area contributed by atoms with E-state index in [1.165, 1.54) is 22.5 Å². The molecule has 60 valence electrons. The summed E-state index contributed by atoms with van der Waals surface area (Å²) in [6.07, 6.45) is 7.73. The van der Waals surface area contributed by atoms with Crippen molar-refractivity contribution in [2.45, 2.75) is 20.3 Å². The lowest BCUT2D eigenvalue weighted by molar-refractivity contribution is 1.21. The van der Waals surface area contributed by atoms with E-state index in [2.05, 4.69) is 42.9 Å². The number of thiol groups is 1. The molecule has 0 aromatic heterocycles. The Morgan fingerprint density at radius 2 is 2.27 bits per heavy atom. The average Bonchev–Trinajstić information content (AvgIpc) is 2.06. The zero-order chi connectivity index (χ0) is 8.10. The largest absolute Gasteiger partial charge is 0.176 e. The van der Waals surface area contributed by atoms with Gasteiger partial charge in [-0.2, -0.15) is 11.4 Å². The van der Waals surface area contributed by atoms with E-state index in [-0.39, 0.29) is 0 Å². The molecule has 11 heavy (non-hydrogen) atoms. The van der Waals surface area contributed by atoms with Crippen LogP contribution in [0.15, 0.2) is 34.8 Å². The number of hydrogen-bond donors (Lipinski definition) is 1. The standard InChI is InChI=1S/C10H14S/c1-3-5-10-8-11-7-6-9(10)4-2/h4-8,11H,3H2,1-2H3/b9-4-,10-5-. The van der Waals surface area contributed by atoms with Crippen LogP contribution in [0, 0.1) is 0 Å². The predicted molar refractivity (Wildman–Crippen MR) is 56.3 cm³/mol. The van der Waals surface area contributed by atoms with E-state index in [4.69, 9.17) is 0 Å². The Balaban J connectivity index is 2.88. The van der Waals surface area contributed by atoms with Crippen molar-refractivity contribution in [3.63, 3.8) is 0 Å². The van der Waals surface area contributed by atoms with Gasteiger partial charge >= 0.3 is 0 Å². The highest BCUT2D eigenvalue weighted by Crippen LogP contribution is 2.17. The molecule has 1 heterocycles. The third kappa shape index (κ3) is 2.19. The first-order valence-electron chi connectivity index (χ1n) is 3.95. The molecule has 0 atom stereocenters. The Labute approximate surface area is 72.3 Å². The van der Waals surface area contributed by atoms with Gasteiger partial charge in [0.2, 0.25) is 0 Å². The van der Waals surface area contributed by atoms with Gasteiger partial charge in [-0.15, -0.1) is 0 Å². The Hall–Kier alpha value is -0.560. The maximum Gasteiger partial charge on any atom is -0.0171 e. The van der Waals surface area contributed by atoms with E-state index in [0.717, 1.165) is 6.42 Å². The Morgan fingerprint density at radius 3 is 2.91 bits per heavy atom. The highest BCUT2D eigenvalue weighted by molar-refractivity contribution is 8.00. The van der Waals surface area contributed by atoms with Crippen LogP contribution < -0.4 is 0 Å². The lowest BCUT2D eigenvalue weighted by Gasteiger charge is -2.05. The maximum atomic E-state index is 2.27. The molecule has 0 amide bonds. The van der Waals surface area contributed by atoms with Crippen LogP contribution in [0.1, 0.15) is 20.3 Å². The Kier molecular flexibility index (Phi) is 3.37. The van der Waals surface area contributed by atoms with Crippen LogP contribution in [0.2, 0.25) is 0 Å². The first-order valence-corrected chi connectivity index (χ1v) is 4.98. The smallest absolute Gasteiger partial charge is 0.0171 e. The van der Waals surface area contributed by atoms with Crippen molar-refractivity contribution in [1.29, 1.82) is 0 Å². The topological polar surface area (TPSA) is 0 Å². The van der Waals surface area contributed by atoms with Crippen molar-refractivity contribution in [2.75, 3.05) is 0 Å². The van der Waals surface area contributed by atoms with Gasteiger partial charge in [-0.3, -0.25) is 0 Å². The molecular formula is C10H14S. The average molecular weight is 166 g/mol. The predicted octanol–water partition coefficient (Wildman–Crippen LogP) is 3.06. The summed E-state index contributed by atoms with van der Waals surface area (Å²) < 4.78 is 0. The Bertz CT molecular complexity index is 242. The van der Waals surface area contributed by atoms with Gasteiger partial charge in [-0.05, 0) is 41.3 Å². The molecule has 1 rings (SSSR count). The van der Waals surface area contributed by atoms with Gasteiger partial charge < -0.3 is 0 Å². The number of allylic oxidation sites excluding steroid dienone is 5. The third-order valence-electron chi connectivity index (χ3n) is 1.62. The minimum Gasteiger partial charge on any atom is -0.176 e. The molecule has 0 saturated heterocycles. The van der Waals surface area contributed by atoms with Crippen molar-refractivity contribution in [3.05, 3.63) is 34.8 Å². The first kappa shape index (κ1) is 8.54. The summed E-state index contributed by atoms with van der Waals surface area (Å²) in [5, 5.41) is 4.42. The van der Waals surface area contributed by atoms with E-state index >= 15 is 0 Å². The second-order valence-electron chi connectivity index (χ2n) is 2.41.